The van der Waals surface area contributed by atoms with E-state index in [4.69, 9.17) is 21.8 Å². The Morgan fingerprint density at radius 1 is 1.06 bits per heavy atom. The molecule has 17 heavy (non-hydrogen) atoms. The van der Waals surface area contributed by atoms with Crippen molar-refractivity contribution < 1.29 is 19.8 Å². The highest BCUT2D eigenvalue weighted by Crippen LogP contribution is 2.18. The van der Waals surface area contributed by atoms with Gasteiger partial charge in [0.05, 0.1) is 0 Å². The van der Waals surface area contributed by atoms with Crippen LogP contribution < -0.4 is 0 Å². The van der Waals surface area contributed by atoms with Crippen LogP contribution in [-0.4, -0.2) is 22.2 Å². The van der Waals surface area contributed by atoms with E-state index in [-0.39, 0.29) is 12.8 Å². The van der Waals surface area contributed by atoms with Crippen molar-refractivity contribution in [3.05, 3.63) is 34.9 Å². The van der Waals surface area contributed by atoms with Gasteiger partial charge in [0.1, 0.15) is 0 Å². The highest BCUT2D eigenvalue weighted by molar-refractivity contribution is 6.30. The van der Waals surface area contributed by atoms with Gasteiger partial charge in [-0.15, -0.1) is 0 Å². The van der Waals surface area contributed by atoms with Gasteiger partial charge in [0, 0.05) is 17.9 Å². The molecule has 0 radical (unpaired) electrons. The molecule has 0 saturated carbocycles. The second-order valence-electron chi connectivity index (χ2n) is 3.89. The number of carboxylic acid groups (broad SMARTS) is 2. The van der Waals surface area contributed by atoms with Gasteiger partial charge in [-0.25, -0.2) is 0 Å². The Morgan fingerprint density at radius 2 is 1.53 bits per heavy atom. The van der Waals surface area contributed by atoms with Gasteiger partial charge in [-0.05, 0) is 30.0 Å². The average Bonchev–Trinajstić information content (AvgIpc) is 2.19. The van der Waals surface area contributed by atoms with Crippen LogP contribution in [0.4, 0.5) is 0 Å². The van der Waals surface area contributed by atoms with Gasteiger partial charge in [0.2, 0.25) is 0 Å². The van der Waals surface area contributed by atoms with Crippen LogP contribution in [0.5, 0.6) is 0 Å². The maximum absolute atomic E-state index is 10.6. The Bertz CT molecular complexity index is 383. The number of aliphatic carboxylic acids is 2. The summed E-state index contributed by atoms with van der Waals surface area (Å²) in [5, 5.41) is 18.0. The van der Waals surface area contributed by atoms with Crippen molar-refractivity contribution in [3.8, 4) is 0 Å². The number of hydrogen-bond acceptors (Lipinski definition) is 2. The lowest BCUT2D eigenvalue weighted by Crippen LogP contribution is -2.15. The fourth-order valence-electron chi connectivity index (χ4n) is 1.66. The minimum atomic E-state index is -0.981. The van der Waals surface area contributed by atoms with Gasteiger partial charge in [0.15, 0.2) is 0 Å². The highest BCUT2D eigenvalue weighted by atomic mass is 35.5. The van der Waals surface area contributed by atoms with E-state index in [1.165, 1.54) is 0 Å². The summed E-state index contributed by atoms with van der Waals surface area (Å²) in [4.78, 5) is 21.2. The molecule has 0 unspecified atom stereocenters. The molecule has 1 aromatic rings. The third-order valence-corrected chi connectivity index (χ3v) is 2.62. The molecule has 1 rings (SSSR count). The quantitative estimate of drug-likeness (QED) is 0.820. The van der Waals surface area contributed by atoms with Crippen LogP contribution in [0.3, 0.4) is 0 Å². The standard InChI is InChI=1S/C12H13ClO4/c13-10-3-1-8(2-4-10)5-9(6-11(14)15)7-12(16)17/h1-4,9H,5-7H2,(H,14,15)(H,16,17). The van der Waals surface area contributed by atoms with Gasteiger partial charge in [-0.2, -0.15) is 0 Å². The van der Waals surface area contributed by atoms with Crippen molar-refractivity contribution in [1.29, 1.82) is 0 Å². The summed E-state index contributed by atoms with van der Waals surface area (Å²) in [6, 6.07) is 6.96. The minimum Gasteiger partial charge on any atom is -0.481 e. The molecule has 0 aromatic heterocycles. The number of halogens is 1. The molecule has 0 aliphatic heterocycles. The number of carbonyl (C=O) groups is 2. The lowest BCUT2D eigenvalue weighted by atomic mass is 9.93. The first kappa shape index (κ1) is 13.5. The lowest BCUT2D eigenvalue weighted by Gasteiger charge is -2.12. The fraction of sp³-hybridized carbons (Fsp3) is 0.333. The predicted octanol–water partition coefficient (Wildman–Crippen LogP) is 2.45. The first-order chi connectivity index (χ1) is 7.97. The van der Waals surface area contributed by atoms with Gasteiger partial charge < -0.3 is 10.2 Å². The molecule has 0 fully saturated rings. The van der Waals surface area contributed by atoms with Crippen molar-refractivity contribution in [2.24, 2.45) is 5.92 Å². The molecule has 0 atom stereocenters. The molecule has 1 aromatic carbocycles. The molecule has 0 spiro atoms. The molecule has 0 bridgehead atoms. The molecule has 0 aliphatic rings. The normalized spacial score (nSPS) is 10.5. The number of carboxylic acids is 2. The molecule has 0 saturated heterocycles. The summed E-state index contributed by atoms with van der Waals surface area (Å²) >= 11 is 5.73. The molecule has 0 amide bonds. The summed E-state index contributed by atoms with van der Waals surface area (Å²) in [5.41, 5.74) is 0.891. The van der Waals surface area contributed by atoms with Crippen molar-refractivity contribution >= 4 is 23.5 Å². The van der Waals surface area contributed by atoms with Crippen LogP contribution in [0.2, 0.25) is 5.02 Å². The van der Waals surface area contributed by atoms with E-state index in [2.05, 4.69) is 0 Å². The molecule has 5 heteroatoms. The Morgan fingerprint density at radius 3 is 1.94 bits per heavy atom. The second kappa shape index (κ2) is 6.25. The van der Waals surface area contributed by atoms with Crippen LogP contribution >= 0.6 is 11.6 Å². The molecule has 0 aliphatic carbocycles. The maximum Gasteiger partial charge on any atom is 0.303 e. The van der Waals surface area contributed by atoms with E-state index in [1.54, 1.807) is 24.3 Å². The first-order valence-electron chi connectivity index (χ1n) is 5.15. The van der Waals surface area contributed by atoms with Crippen LogP contribution in [-0.2, 0) is 16.0 Å². The Hall–Kier alpha value is -1.55. The monoisotopic (exact) mass is 256 g/mol. The zero-order valence-electron chi connectivity index (χ0n) is 9.10. The van der Waals surface area contributed by atoms with E-state index in [1.807, 2.05) is 0 Å². The highest BCUT2D eigenvalue weighted by Gasteiger charge is 2.17. The molecule has 4 nitrogen and oxygen atoms in total. The third-order valence-electron chi connectivity index (χ3n) is 2.36. The molecule has 92 valence electrons. The molecule has 2 N–H and O–H groups in total. The smallest absolute Gasteiger partial charge is 0.303 e. The Labute approximate surface area is 104 Å². The third kappa shape index (κ3) is 5.36. The van der Waals surface area contributed by atoms with Crippen molar-refractivity contribution in [2.45, 2.75) is 19.3 Å². The second-order valence-corrected chi connectivity index (χ2v) is 4.33. The van der Waals surface area contributed by atoms with Gasteiger partial charge in [-0.1, -0.05) is 23.7 Å². The minimum absolute atomic E-state index is 0.144. The fourth-order valence-corrected chi connectivity index (χ4v) is 1.79. The lowest BCUT2D eigenvalue weighted by molar-refractivity contribution is -0.140. The van der Waals surface area contributed by atoms with Crippen LogP contribution in [0.15, 0.2) is 24.3 Å². The summed E-state index contributed by atoms with van der Waals surface area (Å²) < 4.78 is 0. The van der Waals surface area contributed by atoms with Crippen molar-refractivity contribution in [2.75, 3.05) is 0 Å². The summed E-state index contributed by atoms with van der Waals surface area (Å²) in [6.45, 7) is 0. The number of hydrogen-bond donors (Lipinski definition) is 2. The van der Waals surface area contributed by atoms with Gasteiger partial charge in [-0.3, -0.25) is 9.59 Å². The summed E-state index contributed by atoms with van der Waals surface area (Å²) in [6.07, 6.45) is 0.139. The van der Waals surface area contributed by atoms with Gasteiger partial charge in [0.25, 0.3) is 0 Å². The predicted molar refractivity (Wildman–Crippen MR) is 63.2 cm³/mol. The largest absolute Gasteiger partial charge is 0.481 e. The topological polar surface area (TPSA) is 74.6 Å². The summed E-state index contributed by atoms with van der Waals surface area (Å²) in [5.74, 6) is -2.36. The summed E-state index contributed by atoms with van der Waals surface area (Å²) in [7, 11) is 0. The number of rotatable bonds is 6. The van der Waals surface area contributed by atoms with E-state index in [0.717, 1.165) is 5.56 Å². The Balaban J connectivity index is 2.67. The van der Waals surface area contributed by atoms with Crippen molar-refractivity contribution in [1.82, 2.24) is 0 Å². The maximum atomic E-state index is 10.6. The van der Waals surface area contributed by atoms with Gasteiger partial charge >= 0.3 is 11.9 Å². The van der Waals surface area contributed by atoms with E-state index in [0.29, 0.717) is 11.4 Å². The molecule has 0 heterocycles. The van der Waals surface area contributed by atoms with E-state index < -0.39 is 17.9 Å². The van der Waals surface area contributed by atoms with Crippen LogP contribution in [0.1, 0.15) is 18.4 Å². The van der Waals surface area contributed by atoms with Crippen molar-refractivity contribution in [3.63, 3.8) is 0 Å². The average molecular weight is 257 g/mol. The number of benzene rings is 1. The molecular weight excluding hydrogens is 244 g/mol. The van der Waals surface area contributed by atoms with Crippen LogP contribution in [0, 0.1) is 5.92 Å². The van der Waals surface area contributed by atoms with E-state index >= 15 is 0 Å². The zero-order chi connectivity index (χ0) is 12.8. The zero-order valence-corrected chi connectivity index (χ0v) is 9.85. The SMILES string of the molecule is O=C(O)CC(CC(=O)O)Cc1ccc(Cl)cc1. The Kier molecular flexibility index (Phi) is 4.97. The van der Waals surface area contributed by atoms with Crippen LogP contribution in [0.25, 0.3) is 0 Å². The molecular formula is C12H13ClO4. The van der Waals surface area contributed by atoms with E-state index in [9.17, 15) is 9.59 Å². The first-order valence-corrected chi connectivity index (χ1v) is 5.53.